The molecule has 0 amide bonds. The first-order chi connectivity index (χ1) is 8.79. The third-order valence-corrected chi connectivity index (χ3v) is 2.71. The molecule has 0 aromatic heterocycles. The second kappa shape index (κ2) is 4.64. The maximum Gasteiger partial charge on any atom is 0.419 e. The van der Waals surface area contributed by atoms with Crippen molar-refractivity contribution in [3.63, 3.8) is 0 Å². The summed E-state index contributed by atoms with van der Waals surface area (Å²) in [4.78, 5) is 0. The lowest BCUT2D eigenvalue weighted by Crippen LogP contribution is -2.07. The van der Waals surface area contributed by atoms with Crippen LogP contribution in [0.3, 0.4) is 0 Å². The van der Waals surface area contributed by atoms with Gasteiger partial charge >= 0.3 is 6.18 Å². The number of alkyl halides is 3. The highest BCUT2D eigenvalue weighted by Crippen LogP contribution is 2.34. The molecular weight excluding hydrogens is 263 g/mol. The highest BCUT2D eigenvalue weighted by Gasteiger charge is 2.34. The summed E-state index contributed by atoms with van der Waals surface area (Å²) in [5, 5.41) is 0. The standard InChI is InChI=1S/C14H9F5/c1-8-2-4-10(12(15)6-8)9-3-5-11(13(16)7-9)14(17,18)19/h2-7H,1H3. The minimum Gasteiger partial charge on any atom is -0.206 e. The SMILES string of the molecule is Cc1ccc(-c2ccc(C(F)(F)F)c(F)c2)c(F)c1. The fourth-order valence-corrected chi connectivity index (χ4v) is 1.77. The molecule has 0 saturated carbocycles. The van der Waals surface area contributed by atoms with Crippen LogP contribution in [-0.2, 0) is 6.18 Å². The Morgan fingerprint density at radius 3 is 2.05 bits per heavy atom. The van der Waals surface area contributed by atoms with Crippen LogP contribution in [0.2, 0.25) is 0 Å². The lowest BCUT2D eigenvalue weighted by molar-refractivity contribution is -0.139. The maximum atomic E-state index is 13.7. The Morgan fingerprint density at radius 2 is 1.53 bits per heavy atom. The van der Waals surface area contributed by atoms with Gasteiger partial charge < -0.3 is 0 Å². The topological polar surface area (TPSA) is 0 Å². The van der Waals surface area contributed by atoms with Crippen LogP contribution in [0.15, 0.2) is 36.4 Å². The third kappa shape index (κ3) is 2.75. The minimum atomic E-state index is -4.76. The smallest absolute Gasteiger partial charge is 0.206 e. The van der Waals surface area contributed by atoms with Gasteiger partial charge in [-0.25, -0.2) is 8.78 Å². The van der Waals surface area contributed by atoms with Gasteiger partial charge in [-0.3, -0.25) is 0 Å². The number of aryl methyl sites for hydroxylation is 1. The van der Waals surface area contributed by atoms with E-state index in [1.54, 1.807) is 13.0 Å². The second-order valence-corrected chi connectivity index (χ2v) is 4.18. The van der Waals surface area contributed by atoms with Crippen molar-refractivity contribution in [3.8, 4) is 11.1 Å². The molecule has 100 valence electrons. The summed E-state index contributed by atoms with van der Waals surface area (Å²) in [5.74, 6) is -2.01. The molecule has 0 saturated heterocycles. The van der Waals surface area contributed by atoms with Gasteiger partial charge in [0.05, 0.1) is 5.56 Å². The van der Waals surface area contributed by atoms with Crippen molar-refractivity contribution >= 4 is 0 Å². The van der Waals surface area contributed by atoms with Crippen molar-refractivity contribution in [1.82, 2.24) is 0 Å². The normalized spacial score (nSPS) is 11.7. The molecule has 0 radical (unpaired) electrons. The lowest BCUT2D eigenvalue weighted by atomic mass is 10.0. The molecule has 0 bridgehead atoms. The zero-order valence-corrected chi connectivity index (χ0v) is 9.85. The summed E-state index contributed by atoms with van der Waals surface area (Å²) in [5.41, 5.74) is -0.543. The zero-order valence-electron chi connectivity index (χ0n) is 9.85. The molecule has 0 fully saturated rings. The quantitative estimate of drug-likeness (QED) is 0.644. The molecule has 2 aromatic carbocycles. The number of hydrogen-bond acceptors (Lipinski definition) is 0. The Kier molecular flexibility index (Phi) is 3.30. The van der Waals surface area contributed by atoms with Gasteiger partial charge in [0.15, 0.2) is 0 Å². The van der Waals surface area contributed by atoms with Crippen molar-refractivity contribution in [3.05, 3.63) is 59.2 Å². The predicted octanol–water partition coefficient (Wildman–Crippen LogP) is 4.96. The third-order valence-electron chi connectivity index (χ3n) is 2.71. The molecule has 0 aliphatic heterocycles. The molecule has 0 N–H and O–H groups in total. The van der Waals surface area contributed by atoms with E-state index in [-0.39, 0.29) is 11.1 Å². The molecule has 19 heavy (non-hydrogen) atoms. The second-order valence-electron chi connectivity index (χ2n) is 4.18. The van der Waals surface area contributed by atoms with Crippen molar-refractivity contribution in [2.24, 2.45) is 0 Å². The van der Waals surface area contributed by atoms with E-state index in [0.29, 0.717) is 17.7 Å². The van der Waals surface area contributed by atoms with Gasteiger partial charge in [-0.1, -0.05) is 18.2 Å². The molecule has 0 aliphatic rings. The van der Waals surface area contributed by atoms with E-state index >= 15 is 0 Å². The number of halogens is 5. The van der Waals surface area contributed by atoms with E-state index < -0.39 is 23.4 Å². The first-order valence-electron chi connectivity index (χ1n) is 5.42. The fourth-order valence-electron chi connectivity index (χ4n) is 1.77. The van der Waals surface area contributed by atoms with Crippen LogP contribution in [0.25, 0.3) is 11.1 Å². The highest BCUT2D eigenvalue weighted by atomic mass is 19.4. The Balaban J connectivity index is 2.51. The fraction of sp³-hybridized carbons (Fsp3) is 0.143. The molecule has 0 heterocycles. The van der Waals surface area contributed by atoms with Crippen LogP contribution >= 0.6 is 0 Å². The van der Waals surface area contributed by atoms with Crippen LogP contribution in [0.4, 0.5) is 22.0 Å². The monoisotopic (exact) mass is 272 g/mol. The van der Waals surface area contributed by atoms with Gasteiger partial charge in [0.2, 0.25) is 0 Å². The van der Waals surface area contributed by atoms with Gasteiger partial charge in [0.25, 0.3) is 0 Å². The van der Waals surface area contributed by atoms with Gasteiger partial charge in [-0.15, -0.1) is 0 Å². The van der Waals surface area contributed by atoms with Crippen molar-refractivity contribution in [1.29, 1.82) is 0 Å². The Labute approximate surface area is 106 Å². The lowest BCUT2D eigenvalue weighted by Gasteiger charge is -2.10. The van der Waals surface area contributed by atoms with Crippen molar-refractivity contribution < 1.29 is 22.0 Å². The molecule has 2 aromatic rings. The van der Waals surface area contributed by atoms with E-state index in [1.807, 2.05) is 0 Å². The van der Waals surface area contributed by atoms with E-state index in [2.05, 4.69) is 0 Å². The Bertz CT molecular complexity index is 614. The summed E-state index contributed by atoms with van der Waals surface area (Å²) in [6.07, 6.45) is -4.76. The average Bonchev–Trinajstić information content (AvgIpc) is 2.26. The predicted molar refractivity (Wildman–Crippen MR) is 61.5 cm³/mol. The number of rotatable bonds is 1. The van der Waals surface area contributed by atoms with Gasteiger partial charge in [-0.2, -0.15) is 13.2 Å². The Hall–Kier alpha value is -1.91. The highest BCUT2D eigenvalue weighted by molar-refractivity contribution is 5.65. The molecular formula is C14H9F5. The molecule has 2 rings (SSSR count). The first-order valence-corrected chi connectivity index (χ1v) is 5.42. The summed E-state index contributed by atoms with van der Waals surface area (Å²) >= 11 is 0. The van der Waals surface area contributed by atoms with E-state index in [4.69, 9.17) is 0 Å². The van der Waals surface area contributed by atoms with Crippen LogP contribution < -0.4 is 0 Å². The van der Waals surface area contributed by atoms with E-state index in [1.165, 1.54) is 12.1 Å². The van der Waals surface area contributed by atoms with Crippen LogP contribution in [0, 0.1) is 18.6 Å². The van der Waals surface area contributed by atoms with Gasteiger partial charge in [0.1, 0.15) is 11.6 Å². The van der Waals surface area contributed by atoms with Crippen LogP contribution in [0.5, 0.6) is 0 Å². The first kappa shape index (κ1) is 13.5. The summed E-state index contributed by atoms with van der Waals surface area (Å²) in [6, 6.07) is 6.62. The van der Waals surface area contributed by atoms with E-state index in [9.17, 15) is 22.0 Å². The number of hydrogen-bond donors (Lipinski definition) is 0. The molecule has 5 heteroatoms. The maximum absolute atomic E-state index is 13.7. The van der Waals surface area contributed by atoms with Crippen molar-refractivity contribution in [2.75, 3.05) is 0 Å². The summed E-state index contributed by atoms with van der Waals surface area (Å²) < 4.78 is 64.3. The molecule has 0 nitrogen and oxygen atoms in total. The molecule has 0 spiro atoms. The molecule has 0 atom stereocenters. The molecule has 0 aliphatic carbocycles. The van der Waals surface area contributed by atoms with E-state index in [0.717, 1.165) is 6.07 Å². The Morgan fingerprint density at radius 1 is 0.842 bits per heavy atom. The molecule has 0 unspecified atom stereocenters. The zero-order chi connectivity index (χ0) is 14.2. The average molecular weight is 272 g/mol. The van der Waals surface area contributed by atoms with Crippen LogP contribution in [0.1, 0.15) is 11.1 Å². The summed E-state index contributed by atoms with van der Waals surface area (Å²) in [7, 11) is 0. The van der Waals surface area contributed by atoms with Gasteiger partial charge in [-0.05, 0) is 36.2 Å². The largest absolute Gasteiger partial charge is 0.419 e. The minimum absolute atomic E-state index is 0.0678. The van der Waals surface area contributed by atoms with Gasteiger partial charge in [0, 0.05) is 5.56 Å². The van der Waals surface area contributed by atoms with Crippen molar-refractivity contribution in [2.45, 2.75) is 13.1 Å². The summed E-state index contributed by atoms with van der Waals surface area (Å²) in [6.45, 7) is 1.68. The van der Waals surface area contributed by atoms with Crippen LogP contribution in [-0.4, -0.2) is 0 Å². The number of benzene rings is 2.